The number of anilines is 1. The van der Waals surface area contributed by atoms with Gasteiger partial charge in [0.1, 0.15) is 11.5 Å². The van der Waals surface area contributed by atoms with Crippen LogP contribution in [0.4, 0.5) is 5.82 Å². The van der Waals surface area contributed by atoms with E-state index >= 15 is 0 Å². The summed E-state index contributed by atoms with van der Waals surface area (Å²) in [5.74, 6) is -2.78. The Hall–Kier alpha value is -1.17. The SMILES string of the molecule is CCc1ccc(N)nc1C(O)(O)O. The molecule has 72 valence electrons. The van der Waals surface area contributed by atoms with Crippen LogP contribution in [0.2, 0.25) is 0 Å². The highest BCUT2D eigenvalue weighted by Crippen LogP contribution is 2.19. The molecule has 1 rings (SSSR count). The van der Waals surface area contributed by atoms with Gasteiger partial charge < -0.3 is 21.1 Å². The van der Waals surface area contributed by atoms with Crippen LogP contribution >= 0.6 is 0 Å². The highest BCUT2D eigenvalue weighted by molar-refractivity contribution is 5.35. The summed E-state index contributed by atoms with van der Waals surface area (Å²) >= 11 is 0. The number of aryl methyl sites for hydroxylation is 1. The van der Waals surface area contributed by atoms with E-state index in [1.807, 2.05) is 6.92 Å². The number of aromatic nitrogens is 1. The summed E-state index contributed by atoms with van der Waals surface area (Å²) in [5.41, 5.74) is 5.66. The van der Waals surface area contributed by atoms with E-state index in [9.17, 15) is 0 Å². The van der Waals surface area contributed by atoms with Crippen LogP contribution in [0.1, 0.15) is 18.2 Å². The highest BCUT2D eigenvalue weighted by Gasteiger charge is 2.26. The van der Waals surface area contributed by atoms with Gasteiger partial charge >= 0.3 is 5.97 Å². The van der Waals surface area contributed by atoms with Gasteiger partial charge in [-0.05, 0) is 18.1 Å². The van der Waals surface area contributed by atoms with Crippen molar-refractivity contribution in [3.63, 3.8) is 0 Å². The molecule has 0 radical (unpaired) electrons. The monoisotopic (exact) mass is 184 g/mol. The summed E-state index contributed by atoms with van der Waals surface area (Å²) in [6.07, 6.45) is 0.534. The molecule has 0 saturated heterocycles. The van der Waals surface area contributed by atoms with Gasteiger partial charge in [0.25, 0.3) is 0 Å². The fraction of sp³-hybridized carbons (Fsp3) is 0.375. The van der Waals surface area contributed by atoms with Gasteiger partial charge in [0, 0.05) is 0 Å². The molecule has 0 spiro atoms. The molecule has 1 aromatic heterocycles. The molecule has 1 aromatic rings. The quantitative estimate of drug-likeness (QED) is 0.456. The first-order chi connectivity index (χ1) is 5.95. The lowest BCUT2D eigenvalue weighted by atomic mass is 10.1. The molecule has 0 saturated carbocycles. The van der Waals surface area contributed by atoms with Gasteiger partial charge in [-0.25, -0.2) is 4.98 Å². The molecule has 0 aliphatic carbocycles. The van der Waals surface area contributed by atoms with Crippen molar-refractivity contribution < 1.29 is 15.3 Å². The Bertz CT molecular complexity index is 307. The van der Waals surface area contributed by atoms with Crippen molar-refractivity contribution in [3.05, 3.63) is 23.4 Å². The van der Waals surface area contributed by atoms with Crippen LogP contribution in [0.15, 0.2) is 12.1 Å². The fourth-order valence-corrected chi connectivity index (χ4v) is 1.08. The number of aliphatic hydroxyl groups is 3. The molecule has 0 bridgehead atoms. The molecule has 0 aliphatic heterocycles. The van der Waals surface area contributed by atoms with Crippen molar-refractivity contribution in [1.29, 1.82) is 0 Å². The van der Waals surface area contributed by atoms with Gasteiger partial charge in [-0.15, -0.1) is 0 Å². The normalized spacial score (nSPS) is 11.7. The third-order valence-corrected chi connectivity index (χ3v) is 1.70. The highest BCUT2D eigenvalue weighted by atomic mass is 16.7. The molecule has 5 N–H and O–H groups in total. The number of hydrogen-bond acceptors (Lipinski definition) is 5. The third kappa shape index (κ3) is 2.15. The van der Waals surface area contributed by atoms with E-state index in [1.54, 1.807) is 6.07 Å². The average molecular weight is 184 g/mol. The Morgan fingerprint density at radius 1 is 1.38 bits per heavy atom. The lowest BCUT2D eigenvalue weighted by molar-refractivity contribution is -0.326. The minimum Gasteiger partial charge on any atom is -0.384 e. The van der Waals surface area contributed by atoms with Crippen LogP contribution in [-0.4, -0.2) is 20.3 Å². The zero-order chi connectivity index (χ0) is 10.1. The second-order valence-corrected chi connectivity index (χ2v) is 2.73. The zero-order valence-electron chi connectivity index (χ0n) is 7.23. The van der Waals surface area contributed by atoms with E-state index < -0.39 is 5.97 Å². The van der Waals surface area contributed by atoms with E-state index in [4.69, 9.17) is 21.1 Å². The Labute approximate surface area is 75.5 Å². The van der Waals surface area contributed by atoms with Crippen molar-refractivity contribution in [2.24, 2.45) is 0 Å². The number of hydrogen-bond donors (Lipinski definition) is 4. The van der Waals surface area contributed by atoms with Crippen molar-refractivity contribution in [2.45, 2.75) is 19.3 Å². The van der Waals surface area contributed by atoms with Crippen molar-refractivity contribution in [2.75, 3.05) is 5.73 Å². The number of nitrogen functional groups attached to an aromatic ring is 1. The molecule has 0 aromatic carbocycles. The van der Waals surface area contributed by atoms with Crippen LogP contribution in [0.5, 0.6) is 0 Å². The molecule has 5 heteroatoms. The number of nitrogens with two attached hydrogens (primary N) is 1. The van der Waals surface area contributed by atoms with E-state index in [0.717, 1.165) is 0 Å². The smallest absolute Gasteiger partial charge is 0.322 e. The number of pyridine rings is 1. The summed E-state index contributed by atoms with van der Waals surface area (Å²) in [6.45, 7) is 1.81. The lowest BCUT2D eigenvalue weighted by Crippen LogP contribution is -2.27. The molecule has 13 heavy (non-hydrogen) atoms. The molecule has 1 heterocycles. The van der Waals surface area contributed by atoms with Gasteiger partial charge in [0.05, 0.1) is 0 Å². The average Bonchev–Trinajstić information content (AvgIpc) is 2.03. The van der Waals surface area contributed by atoms with Crippen LogP contribution in [0, 0.1) is 0 Å². The number of rotatable bonds is 2. The first-order valence-electron chi connectivity index (χ1n) is 3.88. The summed E-state index contributed by atoms with van der Waals surface area (Å²) in [6, 6.07) is 3.13. The first-order valence-corrected chi connectivity index (χ1v) is 3.88. The maximum atomic E-state index is 8.92. The van der Waals surface area contributed by atoms with E-state index in [2.05, 4.69) is 4.98 Å². The standard InChI is InChI=1S/C8H12N2O3/c1-2-5-3-4-6(9)10-7(5)8(11,12)13/h3-4,11-13H,2H2,1H3,(H2,9,10). The number of nitrogens with zero attached hydrogens (tertiary/aromatic N) is 1. The van der Waals surface area contributed by atoms with Crippen molar-refractivity contribution in [3.8, 4) is 0 Å². The van der Waals surface area contributed by atoms with E-state index in [0.29, 0.717) is 12.0 Å². The van der Waals surface area contributed by atoms with Crippen molar-refractivity contribution in [1.82, 2.24) is 4.98 Å². The van der Waals surface area contributed by atoms with Crippen LogP contribution in [0.3, 0.4) is 0 Å². The zero-order valence-corrected chi connectivity index (χ0v) is 7.23. The third-order valence-electron chi connectivity index (χ3n) is 1.70. The van der Waals surface area contributed by atoms with Crippen LogP contribution in [0.25, 0.3) is 0 Å². The van der Waals surface area contributed by atoms with E-state index in [-0.39, 0.29) is 11.5 Å². The molecule has 0 atom stereocenters. The van der Waals surface area contributed by atoms with E-state index in [1.165, 1.54) is 6.07 Å². The molecular weight excluding hydrogens is 172 g/mol. The Balaban J connectivity index is 3.24. The Morgan fingerprint density at radius 3 is 2.46 bits per heavy atom. The molecule has 0 amide bonds. The maximum Gasteiger partial charge on any atom is 0.322 e. The minimum atomic E-state index is -2.92. The van der Waals surface area contributed by atoms with Gasteiger partial charge in [-0.3, -0.25) is 0 Å². The largest absolute Gasteiger partial charge is 0.384 e. The Kier molecular flexibility index (Phi) is 2.51. The molecule has 0 fully saturated rings. The summed E-state index contributed by atoms with van der Waals surface area (Å²) < 4.78 is 0. The van der Waals surface area contributed by atoms with Gasteiger partial charge in [0.15, 0.2) is 0 Å². The summed E-state index contributed by atoms with van der Waals surface area (Å²) in [5, 5.41) is 26.8. The second-order valence-electron chi connectivity index (χ2n) is 2.73. The summed E-state index contributed by atoms with van der Waals surface area (Å²) in [4.78, 5) is 3.64. The van der Waals surface area contributed by atoms with Gasteiger partial charge in [-0.1, -0.05) is 13.0 Å². The molecular formula is C8H12N2O3. The predicted octanol–water partition coefficient (Wildman–Crippen LogP) is -0.687. The molecule has 5 nitrogen and oxygen atoms in total. The van der Waals surface area contributed by atoms with Crippen LogP contribution < -0.4 is 5.73 Å². The minimum absolute atomic E-state index is 0.133. The second kappa shape index (κ2) is 3.29. The Morgan fingerprint density at radius 2 is 2.00 bits per heavy atom. The molecule has 0 unspecified atom stereocenters. The lowest BCUT2D eigenvalue weighted by Gasteiger charge is -2.16. The first kappa shape index (κ1) is 9.91. The summed E-state index contributed by atoms with van der Waals surface area (Å²) in [7, 11) is 0. The fourth-order valence-electron chi connectivity index (χ4n) is 1.08. The van der Waals surface area contributed by atoms with Gasteiger partial charge in [-0.2, -0.15) is 0 Å². The maximum absolute atomic E-state index is 8.92. The predicted molar refractivity (Wildman–Crippen MR) is 46.4 cm³/mol. The molecule has 0 aliphatic rings. The van der Waals surface area contributed by atoms with Crippen molar-refractivity contribution >= 4 is 5.82 Å². The van der Waals surface area contributed by atoms with Gasteiger partial charge in [0.2, 0.25) is 0 Å². The van der Waals surface area contributed by atoms with Crippen LogP contribution in [-0.2, 0) is 12.4 Å². The topological polar surface area (TPSA) is 99.6 Å².